The largest absolute Gasteiger partial charge is 0.508 e. The Morgan fingerprint density at radius 2 is 2.25 bits per heavy atom. The van der Waals surface area contributed by atoms with Crippen LogP contribution in [0.15, 0.2) is 16.6 Å². The number of phenolic OH excluding ortho intramolecular Hbond substituents is 1. The Bertz CT molecular complexity index is 308. The molecule has 64 valence electrons. The van der Waals surface area contributed by atoms with Gasteiger partial charge in [-0.3, -0.25) is 0 Å². The van der Waals surface area contributed by atoms with Gasteiger partial charge in [0.2, 0.25) is 0 Å². The summed E-state index contributed by atoms with van der Waals surface area (Å²) in [4.78, 5) is 10.2. The number of aldehydes is 1. The molecule has 12 heavy (non-hydrogen) atoms. The van der Waals surface area contributed by atoms with Crippen molar-refractivity contribution in [2.75, 3.05) is 0 Å². The van der Waals surface area contributed by atoms with Gasteiger partial charge in [0.1, 0.15) is 12.0 Å². The second-order valence-corrected chi connectivity index (χ2v) is 3.46. The second kappa shape index (κ2) is 3.72. The molecule has 0 heterocycles. The molecule has 2 nitrogen and oxygen atoms in total. The zero-order valence-electron chi connectivity index (χ0n) is 6.67. The minimum atomic E-state index is 0.166. The number of hydrogen-bond acceptors (Lipinski definition) is 2. The Morgan fingerprint density at radius 1 is 1.58 bits per heavy atom. The first-order valence-corrected chi connectivity index (χ1v) is 4.36. The van der Waals surface area contributed by atoms with E-state index in [0.29, 0.717) is 5.56 Å². The summed E-state index contributed by atoms with van der Waals surface area (Å²) in [6.07, 6.45) is 1.04. The van der Waals surface area contributed by atoms with E-state index in [-0.39, 0.29) is 12.2 Å². The number of phenols is 1. The molecule has 0 spiro atoms. The summed E-state index contributed by atoms with van der Waals surface area (Å²) in [6, 6.07) is 3.40. The molecule has 0 aliphatic heterocycles. The Morgan fingerprint density at radius 3 is 2.83 bits per heavy atom. The molecule has 0 atom stereocenters. The van der Waals surface area contributed by atoms with E-state index >= 15 is 0 Å². The van der Waals surface area contributed by atoms with Crippen molar-refractivity contribution >= 4 is 22.2 Å². The van der Waals surface area contributed by atoms with E-state index in [1.54, 1.807) is 12.1 Å². The first-order chi connectivity index (χ1) is 5.65. The number of carbonyl (C=O) groups excluding carboxylic acids is 1. The van der Waals surface area contributed by atoms with Crippen LogP contribution in [-0.2, 0) is 11.2 Å². The minimum absolute atomic E-state index is 0.166. The highest BCUT2D eigenvalue weighted by Crippen LogP contribution is 2.25. The van der Waals surface area contributed by atoms with Crippen LogP contribution in [0.1, 0.15) is 11.1 Å². The van der Waals surface area contributed by atoms with Gasteiger partial charge in [-0.05, 0) is 18.6 Å². The molecular weight excluding hydrogens is 220 g/mol. The molecule has 0 fully saturated rings. The first kappa shape index (κ1) is 9.26. The molecular formula is C9H9BrO2. The zero-order valence-corrected chi connectivity index (χ0v) is 8.26. The predicted octanol–water partition coefficient (Wildman–Crippen LogP) is 2.20. The van der Waals surface area contributed by atoms with Gasteiger partial charge in [0.15, 0.2) is 0 Å². The number of carbonyl (C=O) groups is 1. The Labute approximate surface area is 79.3 Å². The third-order valence-corrected chi connectivity index (χ3v) is 2.52. The van der Waals surface area contributed by atoms with E-state index < -0.39 is 0 Å². The van der Waals surface area contributed by atoms with Gasteiger partial charge in [0.25, 0.3) is 0 Å². The normalized spacial score (nSPS) is 9.83. The Hall–Kier alpha value is -0.830. The van der Waals surface area contributed by atoms with E-state index in [9.17, 15) is 9.90 Å². The van der Waals surface area contributed by atoms with Crippen LogP contribution < -0.4 is 0 Å². The standard InChI is InChI=1S/C9H9BrO2/c1-6-4-7(2-3-11)9(12)5-8(6)10/h3-5,12H,2H2,1H3. The summed E-state index contributed by atoms with van der Waals surface area (Å²) in [7, 11) is 0. The Balaban J connectivity index is 3.13. The molecule has 0 saturated carbocycles. The van der Waals surface area contributed by atoms with Gasteiger partial charge >= 0.3 is 0 Å². The van der Waals surface area contributed by atoms with E-state index in [1.165, 1.54) is 0 Å². The average Bonchev–Trinajstić information content (AvgIpc) is 2.01. The molecule has 1 aromatic rings. The number of rotatable bonds is 2. The average molecular weight is 229 g/mol. The number of aromatic hydroxyl groups is 1. The SMILES string of the molecule is Cc1cc(CC=O)c(O)cc1Br. The van der Waals surface area contributed by atoms with Crippen molar-refractivity contribution in [2.24, 2.45) is 0 Å². The molecule has 0 saturated heterocycles. The number of aryl methyl sites for hydroxylation is 1. The maximum Gasteiger partial charge on any atom is 0.124 e. The van der Waals surface area contributed by atoms with Crippen LogP contribution in [0.25, 0.3) is 0 Å². The maximum absolute atomic E-state index is 10.2. The fourth-order valence-electron chi connectivity index (χ4n) is 0.984. The molecule has 0 bridgehead atoms. The number of hydrogen-bond donors (Lipinski definition) is 1. The molecule has 0 aromatic heterocycles. The first-order valence-electron chi connectivity index (χ1n) is 3.56. The van der Waals surface area contributed by atoms with Crippen LogP contribution in [0, 0.1) is 6.92 Å². The molecule has 3 heteroatoms. The van der Waals surface area contributed by atoms with Crippen LogP contribution in [0.3, 0.4) is 0 Å². The lowest BCUT2D eigenvalue weighted by molar-refractivity contribution is -0.107. The smallest absolute Gasteiger partial charge is 0.124 e. The Kier molecular flexibility index (Phi) is 2.87. The third kappa shape index (κ3) is 1.85. The third-order valence-electron chi connectivity index (χ3n) is 1.66. The fraction of sp³-hybridized carbons (Fsp3) is 0.222. The number of benzene rings is 1. The molecule has 1 aromatic carbocycles. The highest BCUT2D eigenvalue weighted by atomic mass is 79.9. The van der Waals surface area contributed by atoms with E-state index in [2.05, 4.69) is 15.9 Å². The van der Waals surface area contributed by atoms with Crippen molar-refractivity contribution in [2.45, 2.75) is 13.3 Å². The van der Waals surface area contributed by atoms with Gasteiger partial charge in [-0.2, -0.15) is 0 Å². The lowest BCUT2D eigenvalue weighted by atomic mass is 10.1. The van der Waals surface area contributed by atoms with Gasteiger partial charge < -0.3 is 9.90 Å². The molecule has 0 aliphatic rings. The summed E-state index contributed by atoms with van der Waals surface area (Å²) >= 11 is 3.28. The summed E-state index contributed by atoms with van der Waals surface area (Å²) in [5, 5.41) is 9.36. The van der Waals surface area contributed by atoms with Crippen molar-refractivity contribution in [3.63, 3.8) is 0 Å². The summed E-state index contributed by atoms with van der Waals surface area (Å²) in [6.45, 7) is 1.91. The van der Waals surface area contributed by atoms with Crippen LogP contribution in [0.2, 0.25) is 0 Å². The van der Waals surface area contributed by atoms with Crippen LogP contribution in [-0.4, -0.2) is 11.4 Å². The molecule has 0 aliphatic carbocycles. The fourth-order valence-corrected chi connectivity index (χ4v) is 1.32. The lowest BCUT2D eigenvalue weighted by Crippen LogP contribution is -1.88. The molecule has 1 N–H and O–H groups in total. The van der Waals surface area contributed by atoms with Crippen LogP contribution >= 0.6 is 15.9 Å². The van der Waals surface area contributed by atoms with Gasteiger partial charge in [-0.15, -0.1) is 0 Å². The van der Waals surface area contributed by atoms with Gasteiger partial charge in [-0.25, -0.2) is 0 Å². The quantitative estimate of drug-likeness (QED) is 0.789. The second-order valence-electron chi connectivity index (χ2n) is 2.60. The zero-order chi connectivity index (χ0) is 9.14. The van der Waals surface area contributed by atoms with E-state index in [1.807, 2.05) is 6.92 Å². The highest BCUT2D eigenvalue weighted by molar-refractivity contribution is 9.10. The molecule has 1 rings (SSSR count). The van der Waals surface area contributed by atoms with Crippen LogP contribution in [0.5, 0.6) is 5.75 Å². The van der Waals surface area contributed by atoms with Crippen molar-refractivity contribution in [3.05, 3.63) is 27.7 Å². The maximum atomic E-state index is 10.2. The topological polar surface area (TPSA) is 37.3 Å². The van der Waals surface area contributed by atoms with Crippen molar-refractivity contribution in [3.8, 4) is 5.75 Å². The van der Waals surface area contributed by atoms with Crippen LogP contribution in [0.4, 0.5) is 0 Å². The molecule has 0 radical (unpaired) electrons. The monoisotopic (exact) mass is 228 g/mol. The summed E-state index contributed by atoms with van der Waals surface area (Å²) < 4.78 is 0.856. The summed E-state index contributed by atoms with van der Waals surface area (Å²) in [5.41, 5.74) is 1.69. The van der Waals surface area contributed by atoms with Crippen molar-refractivity contribution in [1.82, 2.24) is 0 Å². The van der Waals surface area contributed by atoms with Gasteiger partial charge in [0, 0.05) is 16.5 Å². The number of halogens is 1. The summed E-state index contributed by atoms with van der Waals surface area (Å²) in [5.74, 6) is 0.166. The molecule has 0 amide bonds. The van der Waals surface area contributed by atoms with E-state index in [0.717, 1.165) is 16.3 Å². The predicted molar refractivity (Wildman–Crippen MR) is 50.3 cm³/mol. The van der Waals surface area contributed by atoms with Crippen molar-refractivity contribution in [1.29, 1.82) is 0 Å². The van der Waals surface area contributed by atoms with Gasteiger partial charge in [-0.1, -0.05) is 22.0 Å². The minimum Gasteiger partial charge on any atom is -0.508 e. The van der Waals surface area contributed by atoms with Gasteiger partial charge in [0.05, 0.1) is 0 Å². The highest BCUT2D eigenvalue weighted by Gasteiger charge is 2.03. The molecule has 0 unspecified atom stereocenters. The van der Waals surface area contributed by atoms with Crippen molar-refractivity contribution < 1.29 is 9.90 Å². The van der Waals surface area contributed by atoms with E-state index in [4.69, 9.17) is 0 Å². The lowest BCUT2D eigenvalue weighted by Gasteiger charge is -2.03.